The first-order chi connectivity index (χ1) is 8.96. The first-order valence-electron chi connectivity index (χ1n) is 5.98. The zero-order chi connectivity index (χ0) is 13.9. The Bertz CT molecular complexity index is 538. The molecule has 1 saturated heterocycles. The summed E-state index contributed by atoms with van der Waals surface area (Å²) in [5.41, 5.74) is 0.317. The van der Waals surface area contributed by atoms with Gasteiger partial charge in [0.15, 0.2) is 0 Å². The van der Waals surface area contributed by atoms with Crippen molar-refractivity contribution in [1.82, 2.24) is 19.6 Å². The van der Waals surface area contributed by atoms with E-state index >= 15 is 0 Å². The van der Waals surface area contributed by atoms with E-state index in [1.165, 1.54) is 18.6 Å². The second-order valence-electron chi connectivity index (χ2n) is 4.55. The van der Waals surface area contributed by atoms with E-state index in [9.17, 15) is 13.2 Å². The molecule has 1 N–H and O–H groups in total. The summed E-state index contributed by atoms with van der Waals surface area (Å²) in [5.74, 6) is -0.161. The number of hydrogen-bond acceptors (Lipinski definition) is 5. The monoisotopic (exact) mass is 284 g/mol. The van der Waals surface area contributed by atoms with Crippen LogP contribution in [0, 0.1) is 0 Å². The van der Waals surface area contributed by atoms with Crippen LogP contribution in [0.2, 0.25) is 0 Å². The maximum atomic E-state index is 12.1. The van der Waals surface area contributed by atoms with Crippen LogP contribution >= 0.6 is 0 Å². The molecule has 19 heavy (non-hydrogen) atoms. The average molecular weight is 284 g/mol. The van der Waals surface area contributed by atoms with E-state index in [2.05, 4.69) is 14.7 Å². The molecule has 0 atom stereocenters. The molecule has 8 heteroatoms. The number of aromatic nitrogens is 2. The van der Waals surface area contributed by atoms with Gasteiger partial charge in [0.05, 0.1) is 12.5 Å². The van der Waals surface area contributed by atoms with Crippen LogP contribution in [0.15, 0.2) is 18.6 Å². The molecule has 1 aliphatic rings. The molecule has 7 nitrogen and oxygen atoms in total. The topological polar surface area (TPSA) is 92.3 Å². The third-order valence-electron chi connectivity index (χ3n) is 2.95. The molecule has 0 radical (unpaired) electrons. The fourth-order valence-electron chi connectivity index (χ4n) is 2.07. The molecule has 0 bridgehead atoms. The molecule has 1 fully saturated rings. The van der Waals surface area contributed by atoms with Crippen molar-refractivity contribution in [3.05, 3.63) is 24.3 Å². The summed E-state index contributed by atoms with van der Waals surface area (Å²) in [4.78, 5) is 21.6. The minimum Gasteiger partial charge on any atom is -0.337 e. The lowest BCUT2D eigenvalue weighted by Gasteiger charge is -2.31. The first-order valence-corrected chi connectivity index (χ1v) is 7.87. The third-order valence-corrected chi connectivity index (χ3v) is 3.71. The van der Waals surface area contributed by atoms with Crippen molar-refractivity contribution < 1.29 is 13.2 Å². The van der Waals surface area contributed by atoms with Crippen molar-refractivity contribution >= 4 is 15.9 Å². The van der Waals surface area contributed by atoms with Gasteiger partial charge in [0.25, 0.3) is 5.91 Å². The molecule has 0 aromatic carbocycles. The largest absolute Gasteiger partial charge is 0.337 e. The second kappa shape index (κ2) is 5.62. The van der Waals surface area contributed by atoms with E-state index < -0.39 is 10.0 Å². The lowest BCUT2D eigenvalue weighted by molar-refractivity contribution is 0.0705. The summed E-state index contributed by atoms with van der Waals surface area (Å²) in [5, 5.41) is 0. The Hall–Kier alpha value is -1.54. The van der Waals surface area contributed by atoms with Crippen LogP contribution in [0.4, 0.5) is 0 Å². The molecular weight excluding hydrogens is 268 g/mol. The van der Waals surface area contributed by atoms with Crippen molar-refractivity contribution in [1.29, 1.82) is 0 Å². The Morgan fingerprint density at radius 2 is 2.05 bits per heavy atom. The smallest absolute Gasteiger partial charge is 0.274 e. The Labute approximate surface area is 112 Å². The zero-order valence-electron chi connectivity index (χ0n) is 10.6. The fraction of sp³-hybridized carbons (Fsp3) is 0.545. The number of hydrogen-bond donors (Lipinski definition) is 1. The van der Waals surface area contributed by atoms with Crippen molar-refractivity contribution in [3.63, 3.8) is 0 Å². The predicted molar refractivity (Wildman–Crippen MR) is 68.9 cm³/mol. The van der Waals surface area contributed by atoms with Crippen LogP contribution in [0.25, 0.3) is 0 Å². The summed E-state index contributed by atoms with van der Waals surface area (Å²) in [6, 6.07) is -0.0964. The number of amides is 1. The quantitative estimate of drug-likeness (QED) is 0.817. The van der Waals surface area contributed by atoms with Crippen LogP contribution in [0.3, 0.4) is 0 Å². The highest BCUT2D eigenvalue weighted by Gasteiger charge is 2.25. The normalized spacial score (nSPS) is 17.4. The molecule has 1 aromatic rings. The molecule has 0 aliphatic carbocycles. The number of carbonyl (C=O) groups excluding carboxylic acids is 1. The fourth-order valence-corrected chi connectivity index (χ4v) is 2.92. The van der Waals surface area contributed by atoms with Gasteiger partial charge in [-0.3, -0.25) is 9.78 Å². The van der Waals surface area contributed by atoms with Crippen molar-refractivity contribution in [2.24, 2.45) is 0 Å². The lowest BCUT2D eigenvalue weighted by atomic mass is 10.1. The van der Waals surface area contributed by atoms with Gasteiger partial charge >= 0.3 is 0 Å². The Morgan fingerprint density at radius 3 is 2.58 bits per heavy atom. The van der Waals surface area contributed by atoms with Crippen LogP contribution in [0.5, 0.6) is 0 Å². The first kappa shape index (κ1) is 13.9. The molecule has 0 unspecified atom stereocenters. The number of sulfonamides is 1. The van der Waals surface area contributed by atoms with Gasteiger partial charge in [-0.1, -0.05) is 0 Å². The summed E-state index contributed by atoms with van der Waals surface area (Å²) >= 11 is 0. The molecule has 1 amide bonds. The van der Waals surface area contributed by atoms with E-state index in [4.69, 9.17) is 0 Å². The number of carbonyl (C=O) groups is 1. The van der Waals surface area contributed by atoms with Crippen molar-refractivity contribution in [2.45, 2.75) is 18.9 Å². The maximum absolute atomic E-state index is 12.1. The molecule has 0 saturated carbocycles. The van der Waals surface area contributed by atoms with Gasteiger partial charge in [0.1, 0.15) is 5.69 Å². The SMILES string of the molecule is CS(=O)(=O)NC1CCN(C(=O)c2cnccn2)CC1. The van der Waals surface area contributed by atoms with Crippen LogP contribution in [0.1, 0.15) is 23.3 Å². The number of nitrogens with one attached hydrogen (secondary N) is 1. The van der Waals surface area contributed by atoms with Gasteiger partial charge in [-0.2, -0.15) is 0 Å². The molecule has 2 rings (SSSR count). The molecule has 104 valence electrons. The highest BCUT2D eigenvalue weighted by molar-refractivity contribution is 7.88. The van der Waals surface area contributed by atoms with Gasteiger partial charge in [0, 0.05) is 31.5 Å². The second-order valence-corrected chi connectivity index (χ2v) is 6.33. The average Bonchev–Trinajstić information content (AvgIpc) is 2.38. The number of rotatable bonds is 3. The number of piperidine rings is 1. The van der Waals surface area contributed by atoms with E-state index in [-0.39, 0.29) is 11.9 Å². The molecule has 2 heterocycles. The summed E-state index contributed by atoms with van der Waals surface area (Å²) < 4.78 is 24.8. The van der Waals surface area contributed by atoms with Gasteiger partial charge < -0.3 is 4.90 Å². The summed E-state index contributed by atoms with van der Waals surface area (Å²) in [6.45, 7) is 1.03. The van der Waals surface area contributed by atoms with Crippen LogP contribution in [-0.4, -0.2) is 54.6 Å². The minimum absolute atomic E-state index is 0.0964. The maximum Gasteiger partial charge on any atom is 0.274 e. The highest BCUT2D eigenvalue weighted by atomic mass is 32.2. The van der Waals surface area contributed by atoms with Crippen LogP contribution < -0.4 is 4.72 Å². The molecule has 1 aliphatic heterocycles. The Kier molecular flexibility index (Phi) is 4.11. The minimum atomic E-state index is -3.19. The van der Waals surface area contributed by atoms with Crippen LogP contribution in [-0.2, 0) is 10.0 Å². The zero-order valence-corrected chi connectivity index (χ0v) is 11.4. The van der Waals surface area contributed by atoms with Crippen molar-refractivity contribution in [2.75, 3.05) is 19.3 Å². The predicted octanol–water partition coefficient (Wildman–Crippen LogP) is -0.370. The summed E-state index contributed by atoms with van der Waals surface area (Å²) in [7, 11) is -3.19. The Balaban J connectivity index is 1.92. The van der Waals surface area contributed by atoms with E-state index in [1.807, 2.05) is 0 Å². The highest BCUT2D eigenvalue weighted by Crippen LogP contribution is 2.13. The van der Waals surface area contributed by atoms with Gasteiger partial charge in [-0.15, -0.1) is 0 Å². The van der Waals surface area contributed by atoms with Gasteiger partial charge in [-0.05, 0) is 12.8 Å². The van der Waals surface area contributed by atoms with E-state index in [0.717, 1.165) is 6.26 Å². The number of nitrogens with zero attached hydrogens (tertiary/aromatic N) is 3. The van der Waals surface area contributed by atoms with Crippen molar-refractivity contribution in [3.8, 4) is 0 Å². The summed E-state index contributed by atoms with van der Waals surface area (Å²) in [6.07, 6.45) is 6.79. The van der Waals surface area contributed by atoms with Gasteiger partial charge in [-0.25, -0.2) is 18.1 Å². The van der Waals surface area contributed by atoms with E-state index in [0.29, 0.717) is 31.6 Å². The van der Waals surface area contributed by atoms with E-state index in [1.54, 1.807) is 4.90 Å². The molecule has 0 spiro atoms. The molecular formula is C11H16N4O3S. The third kappa shape index (κ3) is 3.97. The molecule has 1 aromatic heterocycles. The standard InChI is InChI=1S/C11H16N4O3S/c1-19(17,18)14-9-2-6-15(7-3-9)11(16)10-8-12-4-5-13-10/h4-5,8-9,14H,2-3,6-7H2,1H3. The lowest BCUT2D eigenvalue weighted by Crippen LogP contribution is -2.46. The van der Waals surface area contributed by atoms with Gasteiger partial charge in [0.2, 0.25) is 10.0 Å². The number of likely N-dealkylation sites (tertiary alicyclic amines) is 1. The Morgan fingerprint density at radius 1 is 1.37 bits per heavy atom.